The standard InChI is InChI=1S/C10H7O3/c11-6-8(12)10-5-7-3-1-2-4-9(7)13-10/h1-5,8,12H. The minimum Gasteiger partial charge on any atom is -0.458 e. The summed E-state index contributed by atoms with van der Waals surface area (Å²) in [4.78, 5) is 10.1. The molecule has 0 saturated heterocycles. The van der Waals surface area contributed by atoms with Crippen LogP contribution in [0.3, 0.4) is 0 Å². The fourth-order valence-electron chi connectivity index (χ4n) is 1.20. The lowest BCUT2D eigenvalue weighted by atomic mass is 10.2. The highest BCUT2D eigenvalue weighted by atomic mass is 16.4. The van der Waals surface area contributed by atoms with Crippen LogP contribution in [-0.2, 0) is 4.79 Å². The van der Waals surface area contributed by atoms with E-state index in [1.165, 1.54) is 6.29 Å². The minimum atomic E-state index is -1.28. The Balaban J connectivity index is 2.55. The first kappa shape index (κ1) is 8.01. The van der Waals surface area contributed by atoms with E-state index >= 15 is 0 Å². The Morgan fingerprint density at radius 1 is 1.38 bits per heavy atom. The molecule has 1 aromatic heterocycles. The monoisotopic (exact) mass is 175 g/mol. The van der Waals surface area contributed by atoms with Crippen LogP contribution in [0.25, 0.3) is 11.0 Å². The van der Waals surface area contributed by atoms with Gasteiger partial charge in [0.1, 0.15) is 11.3 Å². The highest BCUT2D eigenvalue weighted by molar-refractivity contribution is 5.78. The molecule has 1 heterocycles. The lowest BCUT2D eigenvalue weighted by Crippen LogP contribution is -1.94. The van der Waals surface area contributed by atoms with E-state index in [-0.39, 0.29) is 5.76 Å². The maximum Gasteiger partial charge on any atom is 0.237 e. The predicted octanol–water partition coefficient (Wildman–Crippen LogP) is 1.58. The summed E-state index contributed by atoms with van der Waals surface area (Å²) >= 11 is 0. The van der Waals surface area contributed by atoms with E-state index in [2.05, 4.69) is 0 Å². The minimum absolute atomic E-state index is 0.233. The number of benzene rings is 1. The van der Waals surface area contributed by atoms with E-state index in [1.54, 1.807) is 12.1 Å². The van der Waals surface area contributed by atoms with Crippen LogP contribution in [0.2, 0.25) is 0 Å². The van der Waals surface area contributed by atoms with E-state index < -0.39 is 6.10 Å². The summed E-state index contributed by atoms with van der Waals surface area (Å²) in [7, 11) is 0. The fraction of sp³-hybridized carbons (Fsp3) is 0.100. The van der Waals surface area contributed by atoms with Crippen molar-refractivity contribution in [1.29, 1.82) is 0 Å². The molecule has 2 aromatic rings. The molecule has 65 valence electrons. The van der Waals surface area contributed by atoms with Gasteiger partial charge in [-0.3, -0.25) is 4.79 Å². The number of fused-ring (bicyclic) bond motifs is 1. The van der Waals surface area contributed by atoms with Gasteiger partial charge in [0.2, 0.25) is 6.29 Å². The summed E-state index contributed by atoms with van der Waals surface area (Å²) < 4.78 is 5.21. The van der Waals surface area contributed by atoms with Crippen LogP contribution in [0, 0.1) is 0 Å². The zero-order chi connectivity index (χ0) is 9.26. The fourth-order valence-corrected chi connectivity index (χ4v) is 1.20. The molecule has 1 radical (unpaired) electrons. The van der Waals surface area contributed by atoms with Crippen molar-refractivity contribution in [1.82, 2.24) is 0 Å². The Hall–Kier alpha value is -1.61. The smallest absolute Gasteiger partial charge is 0.237 e. The van der Waals surface area contributed by atoms with Crippen LogP contribution in [0.4, 0.5) is 0 Å². The third-order valence-electron chi connectivity index (χ3n) is 1.83. The molecular formula is C10H7O3. The number of hydrogen-bond acceptors (Lipinski definition) is 3. The lowest BCUT2D eigenvalue weighted by Gasteiger charge is -1.93. The van der Waals surface area contributed by atoms with Gasteiger partial charge in [0.15, 0.2) is 6.10 Å². The maximum atomic E-state index is 10.1. The van der Waals surface area contributed by atoms with Crippen molar-refractivity contribution >= 4 is 17.3 Å². The van der Waals surface area contributed by atoms with Gasteiger partial charge in [0, 0.05) is 5.39 Å². The van der Waals surface area contributed by atoms with Crippen molar-refractivity contribution in [2.24, 2.45) is 0 Å². The molecular weight excluding hydrogens is 168 g/mol. The van der Waals surface area contributed by atoms with Gasteiger partial charge in [-0.05, 0) is 12.1 Å². The molecule has 1 atom stereocenters. The van der Waals surface area contributed by atoms with Crippen molar-refractivity contribution < 1.29 is 14.3 Å². The Morgan fingerprint density at radius 3 is 2.85 bits per heavy atom. The van der Waals surface area contributed by atoms with E-state index in [1.807, 2.05) is 18.2 Å². The number of hydrogen-bond donors (Lipinski definition) is 1. The highest BCUT2D eigenvalue weighted by Gasteiger charge is 2.12. The third-order valence-corrected chi connectivity index (χ3v) is 1.83. The van der Waals surface area contributed by atoms with E-state index in [0.717, 1.165) is 5.39 Å². The molecule has 1 N–H and O–H groups in total. The van der Waals surface area contributed by atoms with Crippen LogP contribution in [0.5, 0.6) is 0 Å². The molecule has 3 nitrogen and oxygen atoms in total. The third kappa shape index (κ3) is 1.34. The molecule has 3 heteroatoms. The summed E-state index contributed by atoms with van der Waals surface area (Å²) in [5.74, 6) is 0.233. The Kier molecular flexibility index (Phi) is 1.87. The largest absolute Gasteiger partial charge is 0.458 e. The van der Waals surface area contributed by atoms with Crippen LogP contribution in [0.1, 0.15) is 11.9 Å². The van der Waals surface area contributed by atoms with Crippen LogP contribution >= 0.6 is 0 Å². The topological polar surface area (TPSA) is 50.4 Å². The first-order valence-corrected chi connectivity index (χ1v) is 3.85. The molecule has 0 aliphatic heterocycles. The molecule has 1 aromatic carbocycles. The molecule has 0 aliphatic rings. The van der Waals surface area contributed by atoms with Crippen LogP contribution in [-0.4, -0.2) is 11.4 Å². The summed E-state index contributed by atoms with van der Waals surface area (Å²) in [6.07, 6.45) is 0.169. The molecule has 0 spiro atoms. The first-order chi connectivity index (χ1) is 6.31. The van der Waals surface area contributed by atoms with Crippen molar-refractivity contribution in [3.05, 3.63) is 36.1 Å². The molecule has 1 unspecified atom stereocenters. The second-order valence-corrected chi connectivity index (χ2v) is 2.71. The zero-order valence-electron chi connectivity index (χ0n) is 6.73. The van der Waals surface area contributed by atoms with Gasteiger partial charge in [0.05, 0.1) is 0 Å². The van der Waals surface area contributed by atoms with Crippen molar-refractivity contribution in [3.63, 3.8) is 0 Å². The molecule has 13 heavy (non-hydrogen) atoms. The summed E-state index contributed by atoms with van der Waals surface area (Å²) in [5, 5.41) is 9.98. The SMILES string of the molecule is O=[C]C(O)c1cc2ccccc2o1. The second-order valence-electron chi connectivity index (χ2n) is 2.71. The van der Waals surface area contributed by atoms with E-state index in [4.69, 9.17) is 9.52 Å². The van der Waals surface area contributed by atoms with Gasteiger partial charge in [0.25, 0.3) is 0 Å². The maximum absolute atomic E-state index is 10.1. The van der Waals surface area contributed by atoms with Crippen molar-refractivity contribution in [2.45, 2.75) is 6.10 Å². The van der Waals surface area contributed by atoms with Gasteiger partial charge in [-0.25, -0.2) is 0 Å². The molecule has 0 aliphatic carbocycles. The normalized spacial score (nSPS) is 13.0. The van der Waals surface area contributed by atoms with E-state index in [0.29, 0.717) is 5.58 Å². The predicted molar refractivity (Wildman–Crippen MR) is 46.9 cm³/mol. The van der Waals surface area contributed by atoms with Gasteiger partial charge in [-0.2, -0.15) is 0 Å². The average molecular weight is 175 g/mol. The number of para-hydroxylation sites is 1. The second kappa shape index (κ2) is 3.03. The number of rotatable bonds is 2. The lowest BCUT2D eigenvalue weighted by molar-refractivity contribution is 0.212. The Morgan fingerprint density at radius 2 is 2.15 bits per heavy atom. The highest BCUT2D eigenvalue weighted by Crippen LogP contribution is 2.22. The quantitative estimate of drug-likeness (QED) is 0.753. The average Bonchev–Trinajstić information content (AvgIpc) is 2.59. The number of aliphatic hydroxyl groups excluding tert-OH is 1. The molecule has 0 saturated carbocycles. The summed E-state index contributed by atoms with van der Waals surface area (Å²) in [6, 6.07) is 8.94. The Bertz CT molecular complexity index is 397. The van der Waals surface area contributed by atoms with Gasteiger partial charge in [-0.15, -0.1) is 0 Å². The molecule has 2 rings (SSSR count). The van der Waals surface area contributed by atoms with E-state index in [9.17, 15) is 4.79 Å². The summed E-state index contributed by atoms with van der Waals surface area (Å²) in [5.41, 5.74) is 0.659. The van der Waals surface area contributed by atoms with Gasteiger partial charge < -0.3 is 9.52 Å². The van der Waals surface area contributed by atoms with Gasteiger partial charge >= 0.3 is 0 Å². The van der Waals surface area contributed by atoms with Crippen LogP contribution in [0.15, 0.2) is 34.7 Å². The van der Waals surface area contributed by atoms with Crippen molar-refractivity contribution in [2.75, 3.05) is 0 Å². The number of furan rings is 1. The summed E-state index contributed by atoms with van der Waals surface area (Å²) in [6.45, 7) is 0. The molecule has 0 bridgehead atoms. The molecule has 0 amide bonds. The Labute approximate surface area is 74.6 Å². The van der Waals surface area contributed by atoms with Crippen molar-refractivity contribution in [3.8, 4) is 0 Å². The number of aliphatic hydroxyl groups is 1. The molecule has 0 fully saturated rings. The van der Waals surface area contributed by atoms with Crippen LogP contribution < -0.4 is 0 Å². The first-order valence-electron chi connectivity index (χ1n) is 3.85. The van der Waals surface area contributed by atoms with Gasteiger partial charge in [-0.1, -0.05) is 18.2 Å². The number of carbonyl (C=O) groups excluding carboxylic acids is 1. The zero-order valence-corrected chi connectivity index (χ0v) is 6.73.